The van der Waals surface area contributed by atoms with Crippen LogP contribution in [-0.4, -0.2) is 32.3 Å². The Morgan fingerprint density at radius 3 is 2.33 bits per heavy atom. The van der Waals surface area contributed by atoms with Gasteiger partial charge in [-0.2, -0.15) is 0 Å². The molecule has 0 saturated carbocycles. The molecule has 6 heteroatoms. The second-order valence-corrected chi connectivity index (χ2v) is 11.1. The normalized spacial score (nSPS) is 25.5. The molecular weight excluding hydrogens is 198 g/mol. The molecule has 0 unspecified atom stereocenters. The van der Waals surface area contributed by atoms with E-state index in [-0.39, 0.29) is 19.7 Å². The minimum Gasteiger partial charge on any atom is -0.406 e. The van der Waals surface area contributed by atoms with E-state index in [0.717, 1.165) is 0 Å². The summed E-state index contributed by atoms with van der Waals surface area (Å²) in [4.78, 5) is 0. The molecule has 1 heterocycles. The number of hydrogen-bond donors (Lipinski definition) is 2. The van der Waals surface area contributed by atoms with Gasteiger partial charge in [0.1, 0.15) is 0 Å². The Balaban J connectivity index is 2.86. The molecule has 1 saturated heterocycles. The van der Waals surface area contributed by atoms with Crippen LogP contribution in [0.25, 0.3) is 0 Å². The predicted octanol–water partition coefficient (Wildman–Crippen LogP) is -1.49. The van der Waals surface area contributed by atoms with E-state index in [2.05, 4.69) is 33.3 Å². The van der Waals surface area contributed by atoms with Gasteiger partial charge in [-0.05, 0) is 6.20 Å². The van der Waals surface area contributed by atoms with Crippen LogP contribution in [-0.2, 0) is 0 Å². The first kappa shape index (κ1) is 9.68. The fourth-order valence-electron chi connectivity index (χ4n) is 1.29. The molecule has 3 nitrogen and oxygen atoms in total. The second kappa shape index (κ2) is 4.01. The van der Waals surface area contributed by atoms with Gasteiger partial charge in [0.25, 0.3) is 8.40 Å². The highest BCUT2D eigenvalue weighted by Crippen LogP contribution is 2.09. The maximum absolute atomic E-state index is 3.88. The van der Waals surface area contributed by atoms with Crippen molar-refractivity contribution >= 4 is 28.1 Å². The van der Waals surface area contributed by atoms with E-state index in [0.29, 0.717) is 0 Å². The standard InChI is InChI=1S/C6H15N3Si3/c1-4-9-11-7-10-8-12(9,5-2)6-3/h4-8H,1-3,10-11H2. The minimum absolute atomic E-state index is 0.267. The zero-order chi connectivity index (χ0) is 9.03. The van der Waals surface area contributed by atoms with Crippen molar-refractivity contribution in [1.82, 2.24) is 13.5 Å². The maximum Gasteiger partial charge on any atom is 0.269 e. The molecule has 1 aliphatic rings. The zero-order valence-electron chi connectivity index (χ0n) is 7.21. The van der Waals surface area contributed by atoms with Crippen molar-refractivity contribution in [3.8, 4) is 0 Å². The molecule has 2 N–H and O–H groups in total. The molecule has 0 aliphatic carbocycles. The lowest BCUT2D eigenvalue weighted by Crippen LogP contribution is -2.71. The maximum atomic E-state index is 3.88. The van der Waals surface area contributed by atoms with E-state index in [9.17, 15) is 0 Å². The van der Waals surface area contributed by atoms with Crippen LogP contribution in [0.4, 0.5) is 0 Å². The van der Waals surface area contributed by atoms with Gasteiger partial charge in [-0.25, -0.2) is 0 Å². The summed E-state index contributed by atoms with van der Waals surface area (Å²) in [5.74, 6) is 0. The van der Waals surface area contributed by atoms with Crippen LogP contribution >= 0.6 is 0 Å². The lowest BCUT2D eigenvalue weighted by molar-refractivity contribution is 0.845. The zero-order valence-corrected chi connectivity index (χ0v) is 11.0. The molecule has 0 bridgehead atoms. The fraction of sp³-hybridized carbons (Fsp3) is 0. The van der Waals surface area contributed by atoms with Gasteiger partial charge in [0, 0.05) is 0 Å². The van der Waals surface area contributed by atoms with Crippen LogP contribution in [0.3, 0.4) is 0 Å². The van der Waals surface area contributed by atoms with Crippen molar-refractivity contribution in [3.05, 3.63) is 37.3 Å². The molecule has 1 rings (SSSR count). The third-order valence-electron chi connectivity index (χ3n) is 2.10. The molecule has 66 valence electrons. The lowest BCUT2D eigenvalue weighted by Gasteiger charge is -2.41. The van der Waals surface area contributed by atoms with E-state index in [1.807, 2.05) is 17.6 Å². The molecule has 0 aromatic carbocycles. The average molecular weight is 213 g/mol. The molecule has 12 heavy (non-hydrogen) atoms. The van der Waals surface area contributed by atoms with E-state index < -0.39 is 8.40 Å². The molecule has 0 aromatic rings. The quantitative estimate of drug-likeness (QED) is 0.560. The van der Waals surface area contributed by atoms with Crippen molar-refractivity contribution < 1.29 is 0 Å². The van der Waals surface area contributed by atoms with E-state index >= 15 is 0 Å². The first-order valence-corrected chi connectivity index (χ1v) is 8.77. The minimum atomic E-state index is -1.71. The summed E-state index contributed by atoms with van der Waals surface area (Å²) in [6, 6.07) is 0. The van der Waals surface area contributed by atoms with Gasteiger partial charge in [-0.15, -0.1) is 13.2 Å². The van der Waals surface area contributed by atoms with Crippen LogP contribution in [0, 0.1) is 0 Å². The van der Waals surface area contributed by atoms with Gasteiger partial charge < -0.3 is 13.5 Å². The summed E-state index contributed by atoms with van der Waals surface area (Å²) in [7, 11) is -2.29. The lowest BCUT2D eigenvalue weighted by atomic mass is 11.1. The summed E-state index contributed by atoms with van der Waals surface area (Å²) in [5, 5.41) is 0. The predicted molar refractivity (Wildman–Crippen MR) is 61.5 cm³/mol. The largest absolute Gasteiger partial charge is 0.406 e. The molecule has 0 amide bonds. The van der Waals surface area contributed by atoms with Gasteiger partial charge in [0.15, 0.2) is 19.7 Å². The van der Waals surface area contributed by atoms with Crippen LogP contribution in [0.1, 0.15) is 0 Å². The molecule has 1 fully saturated rings. The summed E-state index contributed by atoms with van der Waals surface area (Å²) < 4.78 is 9.33. The van der Waals surface area contributed by atoms with Crippen LogP contribution in [0.5, 0.6) is 0 Å². The van der Waals surface area contributed by atoms with E-state index in [1.165, 1.54) is 0 Å². The molecule has 1 aliphatic heterocycles. The number of hydrogen-bond acceptors (Lipinski definition) is 3. The first-order valence-electron chi connectivity index (χ1n) is 3.91. The summed E-state index contributed by atoms with van der Waals surface area (Å²) in [5.41, 5.74) is 4.06. The van der Waals surface area contributed by atoms with Crippen LogP contribution in [0.2, 0.25) is 0 Å². The number of nitrogens with one attached hydrogen (secondary N) is 2. The summed E-state index contributed by atoms with van der Waals surface area (Å²) >= 11 is 0. The Hall–Kier alpha value is -0.409. The van der Waals surface area contributed by atoms with Crippen molar-refractivity contribution in [3.63, 3.8) is 0 Å². The highest BCUT2D eigenvalue weighted by Gasteiger charge is 2.34. The molecule has 0 spiro atoms. The Morgan fingerprint density at radius 2 is 1.92 bits per heavy atom. The monoisotopic (exact) mass is 213 g/mol. The van der Waals surface area contributed by atoms with Gasteiger partial charge >= 0.3 is 0 Å². The van der Waals surface area contributed by atoms with Crippen LogP contribution in [0.15, 0.2) is 37.3 Å². The second-order valence-electron chi connectivity index (χ2n) is 2.65. The number of rotatable bonds is 3. The average Bonchev–Trinajstić information content (AvgIpc) is 2.17. The fourth-order valence-corrected chi connectivity index (χ4v) is 12.3. The van der Waals surface area contributed by atoms with Crippen molar-refractivity contribution in [1.29, 1.82) is 0 Å². The third-order valence-corrected chi connectivity index (χ3v) is 12.0. The van der Waals surface area contributed by atoms with E-state index in [4.69, 9.17) is 0 Å². The number of nitrogens with zero attached hydrogens (tertiary/aromatic N) is 1. The van der Waals surface area contributed by atoms with Gasteiger partial charge in [-0.3, -0.25) is 0 Å². The third kappa shape index (κ3) is 1.52. The SMILES string of the molecule is C=CN1[SiH2]N[SiH2]N[Si]1(C=C)C=C. The van der Waals surface area contributed by atoms with E-state index in [1.54, 1.807) is 0 Å². The summed E-state index contributed by atoms with van der Waals surface area (Å²) in [6.45, 7) is 11.6. The molecular formula is C6H15N3Si3. The Labute approximate surface area is 79.4 Å². The van der Waals surface area contributed by atoms with Gasteiger partial charge in [0.2, 0.25) is 0 Å². The van der Waals surface area contributed by atoms with Gasteiger partial charge in [0.05, 0.1) is 0 Å². The molecule has 0 atom stereocenters. The molecule has 0 aromatic heterocycles. The van der Waals surface area contributed by atoms with Crippen molar-refractivity contribution in [2.24, 2.45) is 0 Å². The Morgan fingerprint density at radius 1 is 1.25 bits per heavy atom. The highest BCUT2D eigenvalue weighted by molar-refractivity contribution is 6.94. The van der Waals surface area contributed by atoms with Crippen molar-refractivity contribution in [2.75, 3.05) is 0 Å². The van der Waals surface area contributed by atoms with Gasteiger partial charge in [-0.1, -0.05) is 18.0 Å². The molecule has 0 radical (unpaired) electrons. The topological polar surface area (TPSA) is 27.3 Å². The first-order chi connectivity index (χ1) is 5.79. The highest BCUT2D eigenvalue weighted by atomic mass is 28.4. The Bertz CT molecular complexity index is 198. The van der Waals surface area contributed by atoms with Crippen LogP contribution < -0.4 is 9.30 Å². The Kier molecular flexibility index (Phi) is 3.23. The summed E-state index contributed by atoms with van der Waals surface area (Å²) in [6.07, 6.45) is 1.91. The smallest absolute Gasteiger partial charge is 0.269 e. The van der Waals surface area contributed by atoms with Crippen molar-refractivity contribution in [2.45, 2.75) is 0 Å².